The highest BCUT2D eigenvalue weighted by Gasteiger charge is 2.21. The minimum atomic E-state index is 0.121. The van der Waals surface area contributed by atoms with E-state index >= 15 is 0 Å². The Morgan fingerprint density at radius 2 is 2.14 bits per heavy atom. The first kappa shape index (κ1) is 17.8. The highest BCUT2D eigenvalue weighted by molar-refractivity contribution is 7.08. The normalized spacial score (nSPS) is 15.3. The lowest BCUT2D eigenvalue weighted by atomic mass is 10.1. The minimum absolute atomic E-state index is 0.121. The zero-order valence-electron chi connectivity index (χ0n) is 15.5. The van der Waals surface area contributed by atoms with Crippen LogP contribution >= 0.6 is 22.9 Å². The van der Waals surface area contributed by atoms with Gasteiger partial charge < -0.3 is 14.0 Å². The molecule has 0 unspecified atom stereocenters. The van der Waals surface area contributed by atoms with E-state index in [2.05, 4.69) is 31.8 Å². The van der Waals surface area contributed by atoms with Crippen molar-refractivity contribution in [1.82, 2.24) is 18.9 Å². The smallest absolute Gasteiger partial charge is 0.242 e. The van der Waals surface area contributed by atoms with Crippen LogP contribution in [-0.2, 0) is 11.2 Å². The lowest BCUT2D eigenvalue weighted by Crippen LogP contribution is -2.26. The second-order valence-electron chi connectivity index (χ2n) is 6.89. The molecule has 0 spiro atoms. The molecule has 1 saturated heterocycles. The van der Waals surface area contributed by atoms with Crippen molar-refractivity contribution >= 4 is 33.9 Å². The number of hydrogen-bond donors (Lipinski definition) is 0. The van der Waals surface area contributed by atoms with Gasteiger partial charge in [0.05, 0.1) is 30.1 Å². The largest absolute Gasteiger partial charge is 0.473 e. The number of nitrogens with zero attached hydrogens (tertiary/aromatic N) is 4. The molecule has 144 valence electrons. The van der Waals surface area contributed by atoms with Gasteiger partial charge in [-0.15, -0.1) is 0 Å². The van der Waals surface area contributed by atoms with E-state index in [0.29, 0.717) is 12.3 Å². The second kappa shape index (κ2) is 7.62. The van der Waals surface area contributed by atoms with E-state index in [1.165, 1.54) is 11.5 Å². The molecule has 6 nitrogen and oxygen atoms in total. The van der Waals surface area contributed by atoms with Crippen molar-refractivity contribution in [3.63, 3.8) is 0 Å². The maximum atomic E-state index is 6.39. The molecule has 5 rings (SSSR count). The van der Waals surface area contributed by atoms with Crippen molar-refractivity contribution < 1.29 is 9.47 Å². The molecule has 0 bridgehead atoms. The maximum Gasteiger partial charge on any atom is 0.242 e. The Morgan fingerprint density at radius 1 is 1.25 bits per heavy atom. The molecule has 0 radical (unpaired) electrons. The summed E-state index contributed by atoms with van der Waals surface area (Å²) in [6, 6.07) is 6.22. The molecule has 8 heteroatoms. The first-order chi connectivity index (χ1) is 13.8. The van der Waals surface area contributed by atoms with Crippen LogP contribution in [0.15, 0.2) is 35.2 Å². The lowest BCUT2D eigenvalue weighted by molar-refractivity contribution is 0.0242. The Hall–Kier alpha value is -2.29. The van der Waals surface area contributed by atoms with Crippen LogP contribution in [0.25, 0.3) is 16.7 Å². The quantitative estimate of drug-likeness (QED) is 0.486. The van der Waals surface area contributed by atoms with Gasteiger partial charge in [-0.3, -0.25) is 0 Å². The van der Waals surface area contributed by atoms with Crippen molar-refractivity contribution in [2.24, 2.45) is 0 Å². The van der Waals surface area contributed by atoms with Crippen molar-refractivity contribution in [2.75, 3.05) is 13.2 Å². The Morgan fingerprint density at radius 3 is 2.89 bits per heavy atom. The van der Waals surface area contributed by atoms with E-state index < -0.39 is 0 Å². The van der Waals surface area contributed by atoms with Crippen LogP contribution in [0.1, 0.15) is 29.2 Å². The maximum absolute atomic E-state index is 6.39. The number of aryl methyl sites for hydroxylation is 1. The van der Waals surface area contributed by atoms with Crippen LogP contribution < -0.4 is 4.74 Å². The number of ether oxygens (including phenoxy) is 2. The van der Waals surface area contributed by atoms with Crippen LogP contribution in [-0.4, -0.2) is 38.2 Å². The van der Waals surface area contributed by atoms with Crippen LogP contribution in [0.2, 0.25) is 0 Å². The third-order valence-corrected chi connectivity index (χ3v) is 6.33. The first-order valence-corrected chi connectivity index (χ1v) is 11.0. The summed E-state index contributed by atoms with van der Waals surface area (Å²) in [5, 5.41) is 4.19. The van der Waals surface area contributed by atoms with Gasteiger partial charge in [0.2, 0.25) is 5.88 Å². The number of hydrogen-bond acceptors (Lipinski definition) is 7. The van der Waals surface area contributed by atoms with Crippen molar-refractivity contribution in [3.05, 3.63) is 51.6 Å². The SMILES string of the molecule is Cc1cc(Cc2nc(OC3CCOCC3)c3c(ccn3-c3ccsc3)n2)sn1. The van der Waals surface area contributed by atoms with Gasteiger partial charge in [-0.25, -0.2) is 4.98 Å². The molecule has 0 aromatic carbocycles. The van der Waals surface area contributed by atoms with Gasteiger partial charge >= 0.3 is 0 Å². The van der Waals surface area contributed by atoms with Gasteiger partial charge in [0.1, 0.15) is 17.4 Å². The van der Waals surface area contributed by atoms with Crippen molar-refractivity contribution in [2.45, 2.75) is 32.3 Å². The number of aromatic nitrogens is 4. The lowest BCUT2D eigenvalue weighted by Gasteiger charge is -2.23. The van der Waals surface area contributed by atoms with E-state index in [9.17, 15) is 0 Å². The molecule has 0 saturated carbocycles. The molecule has 0 atom stereocenters. The van der Waals surface area contributed by atoms with Crippen LogP contribution in [0.4, 0.5) is 0 Å². The van der Waals surface area contributed by atoms with E-state index in [1.807, 2.05) is 19.2 Å². The summed E-state index contributed by atoms with van der Waals surface area (Å²) in [4.78, 5) is 10.8. The standard InChI is InChI=1S/C20H20N4O2S2/c1-13-10-16(28-23-13)11-18-21-17-2-6-24(14-5-9-27-12-14)19(17)20(22-18)26-15-3-7-25-8-4-15/h2,5-6,9-10,12,15H,3-4,7-8,11H2,1H3. The Bertz CT molecular complexity index is 1080. The van der Waals surface area contributed by atoms with Crippen LogP contribution in [0.5, 0.6) is 5.88 Å². The fraction of sp³-hybridized carbons (Fsp3) is 0.350. The molecule has 5 heterocycles. The first-order valence-electron chi connectivity index (χ1n) is 9.33. The Kier molecular flexibility index (Phi) is 4.84. The Balaban J connectivity index is 1.57. The molecule has 1 fully saturated rings. The third-order valence-electron chi connectivity index (χ3n) is 4.79. The highest BCUT2D eigenvalue weighted by Crippen LogP contribution is 2.30. The summed E-state index contributed by atoms with van der Waals surface area (Å²) in [6.45, 7) is 3.47. The molecule has 0 aliphatic carbocycles. The van der Waals surface area contributed by atoms with Crippen molar-refractivity contribution in [1.29, 1.82) is 0 Å². The topological polar surface area (TPSA) is 62.1 Å². The predicted molar refractivity (Wildman–Crippen MR) is 111 cm³/mol. The zero-order chi connectivity index (χ0) is 18.9. The molecular formula is C20H20N4O2S2. The monoisotopic (exact) mass is 412 g/mol. The zero-order valence-corrected chi connectivity index (χ0v) is 17.1. The van der Waals surface area contributed by atoms with Gasteiger partial charge in [0, 0.05) is 35.7 Å². The fourth-order valence-electron chi connectivity index (χ4n) is 3.44. The van der Waals surface area contributed by atoms with Gasteiger partial charge in [0.25, 0.3) is 0 Å². The minimum Gasteiger partial charge on any atom is -0.473 e. The molecular weight excluding hydrogens is 392 g/mol. The molecule has 4 aromatic rings. The van der Waals surface area contributed by atoms with Gasteiger partial charge in [-0.05, 0) is 42.0 Å². The second-order valence-corrected chi connectivity index (χ2v) is 8.56. The average Bonchev–Trinajstić information content (AvgIpc) is 3.43. The van der Waals surface area contributed by atoms with Gasteiger partial charge in [-0.1, -0.05) is 0 Å². The van der Waals surface area contributed by atoms with Crippen molar-refractivity contribution in [3.8, 4) is 11.6 Å². The molecule has 0 amide bonds. The molecule has 1 aliphatic rings. The van der Waals surface area contributed by atoms with Gasteiger partial charge in [0.15, 0.2) is 0 Å². The molecule has 28 heavy (non-hydrogen) atoms. The Labute approximate surface area is 171 Å². The van der Waals surface area contributed by atoms with Crippen LogP contribution in [0.3, 0.4) is 0 Å². The fourth-order valence-corrected chi connectivity index (χ4v) is 4.80. The van der Waals surface area contributed by atoms with E-state index in [4.69, 9.17) is 19.4 Å². The summed E-state index contributed by atoms with van der Waals surface area (Å²) >= 11 is 3.17. The number of rotatable bonds is 5. The summed E-state index contributed by atoms with van der Waals surface area (Å²) in [7, 11) is 0. The highest BCUT2D eigenvalue weighted by atomic mass is 32.1. The number of fused-ring (bicyclic) bond motifs is 1. The summed E-state index contributed by atoms with van der Waals surface area (Å²) < 4.78 is 18.3. The van der Waals surface area contributed by atoms with E-state index in [0.717, 1.165) is 59.2 Å². The third kappa shape index (κ3) is 3.55. The van der Waals surface area contributed by atoms with Crippen LogP contribution in [0, 0.1) is 6.92 Å². The summed E-state index contributed by atoms with van der Waals surface area (Å²) in [6.07, 6.45) is 4.59. The summed E-state index contributed by atoms with van der Waals surface area (Å²) in [5.74, 6) is 1.42. The summed E-state index contributed by atoms with van der Waals surface area (Å²) in [5.41, 5.74) is 3.96. The molecule has 1 aliphatic heterocycles. The average molecular weight is 413 g/mol. The number of thiophene rings is 1. The molecule has 4 aromatic heterocycles. The van der Waals surface area contributed by atoms with Gasteiger partial charge in [-0.2, -0.15) is 20.7 Å². The predicted octanol–water partition coefficient (Wildman–Crippen LogP) is 4.40. The van der Waals surface area contributed by atoms with E-state index in [1.54, 1.807) is 11.3 Å². The molecule has 0 N–H and O–H groups in total. The van der Waals surface area contributed by atoms with E-state index in [-0.39, 0.29) is 6.10 Å².